The highest BCUT2D eigenvalue weighted by Crippen LogP contribution is 2.14. The van der Waals surface area contributed by atoms with Gasteiger partial charge in [0.1, 0.15) is 12.6 Å². The van der Waals surface area contributed by atoms with E-state index in [9.17, 15) is 9.59 Å². The van der Waals surface area contributed by atoms with Crippen LogP contribution in [0.15, 0.2) is 24.3 Å². The van der Waals surface area contributed by atoms with Gasteiger partial charge in [-0.15, -0.1) is 0 Å². The standard InChI is InChI=1S/C16H25N3O3/c1-11(2)9-17-16(21)12(3)18-13-5-7-14(8-6-13)19-15(20)10-22-4/h5-8,11-12,18H,9-10H2,1-4H3,(H,17,21)(H,19,20). The Kier molecular flexibility index (Phi) is 7.39. The van der Waals surface area contributed by atoms with Gasteiger partial charge in [0, 0.05) is 25.0 Å². The van der Waals surface area contributed by atoms with Crippen molar-refractivity contribution in [3.05, 3.63) is 24.3 Å². The maximum absolute atomic E-state index is 11.9. The first kappa shape index (κ1) is 18.0. The normalized spacial score (nSPS) is 11.9. The third-order valence-corrected chi connectivity index (χ3v) is 2.91. The molecule has 1 aromatic carbocycles. The van der Waals surface area contributed by atoms with Gasteiger partial charge >= 0.3 is 0 Å². The molecule has 1 unspecified atom stereocenters. The van der Waals surface area contributed by atoms with Gasteiger partial charge in [0.2, 0.25) is 11.8 Å². The summed E-state index contributed by atoms with van der Waals surface area (Å²) in [6, 6.07) is 6.85. The van der Waals surface area contributed by atoms with E-state index in [4.69, 9.17) is 4.74 Å². The van der Waals surface area contributed by atoms with Crippen molar-refractivity contribution in [3.63, 3.8) is 0 Å². The number of methoxy groups -OCH3 is 1. The minimum absolute atomic E-state index is 0.0209. The molecule has 0 fully saturated rings. The van der Waals surface area contributed by atoms with E-state index in [0.29, 0.717) is 18.2 Å². The van der Waals surface area contributed by atoms with Crippen molar-refractivity contribution in [2.24, 2.45) is 5.92 Å². The Balaban J connectivity index is 2.49. The minimum Gasteiger partial charge on any atom is -0.375 e. The molecule has 6 nitrogen and oxygen atoms in total. The van der Waals surface area contributed by atoms with E-state index in [1.54, 1.807) is 12.1 Å². The summed E-state index contributed by atoms with van der Waals surface area (Å²) in [5.41, 5.74) is 1.50. The Morgan fingerprint density at radius 3 is 2.23 bits per heavy atom. The van der Waals surface area contributed by atoms with Gasteiger partial charge in [-0.25, -0.2) is 0 Å². The molecule has 1 aromatic rings. The predicted octanol–water partition coefficient (Wildman–Crippen LogP) is 1.84. The second-order valence-corrected chi connectivity index (χ2v) is 5.56. The lowest BCUT2D eigenvalue weighted by Gasteiger charge is -2.16. The summed E-state index contributed by atoms with van der Waals surface area (Å²) in [5.74, 6) is 0.182. The smallest absolute Gasteiger partial charge is 0.250 e. The van der Waals surface area contributed by atoms with Crippen molar-refractivity contribution in [2.75, 3.05) is 30.9 Å². The molecule has 0 aliphatic rings. The summed E-state index contributed by atoms with van der Waals surface area (Å²) in [7, 11) is 1.47. The first-order valence-electron chi connectivity index (χ1n) is 7.35. The predicted molar refractivity (Wildman–Crippen MR) is 87.9 cm³/mol. The van der Waals surface area contributed by atoms with E-state index in [0.717, 1.165) is 5.69 Å². The van der Waals surface area contributed by atoms with Crippen molar-refractivity contribution in [1.29, 1.82) is 0 Å². The number of hydrogen-bond donors (Lipinski definition) is 3. The molecule has 122 valence electrons. The van der Waals surface area contributed by atoms with E-state index in [1.165, 1.54) is 7.11 Å². The first-order chi connectivity index (χ1) is 10.4. The molecule has 0 aliphatic carbocycles. The lowest BCUT2D eigenvalue weighted by atomic mass is 10.2. The van der Waals surface area contributed by atoms with Gasteiger partial charge in [0.15, 0.2) is 0 Å². The molecule has 0 bridgehead atoms. The topological polar surface area (TPSA) is 79.5 Å². The van der Waals surface area contributed by atoms with E-state index < -0.39 is 0 Å². The number of nitrogens with one attached hydrogen (secondary N) is 3. The van der Waals surface area contributed by atoms with Crippen LogP contribution in [-0.4, -0.2) is 38.1 Å². The lowest BCUT2D eigenvalue weighted by Crippen LogP contribution is -2.39. The van der Waals surface area contributed by atoms with Crippen molar-refractivity contribution in [1.82, 2.24) is 5.32 Å². The molecular formula is C16H25N3O3. The van der Waals surface area contributed by atoms with Crippen LogP contribution < -0.4 is 16.0 Å². The molecule has 3 N–H and O–H groups in total. The maximum Gasteiger partial charge on any atom is 0.250 e. The van der Waals surface area contributed by atoms with Crippen LogP contribution >= 0.6 is 0 Å². The van der Waals surface area contributed by atoms with Crippen LogP contribution in [0.5, 0.6) is 0 Å². The van der Waals surface area contributed by atoms with Gasteiger partial charge in [-0.2, -0.15) is 0 Å². The summed E-state index contributed by atoms with van der Waals surface area (Å²) in [5, 5.41) is 8.71. The lowest BCUT2D eigenvalue weighted by molar-refractivity contribution is -0.121. The number of carbonyl (C=O) groups is 2. The van der Waals surface area contributed by atoms with Crippen LogP contribution in [0.4, 0.5) is 11.4 Å². The van der Waals surface area contributed by atoms with E-state index >= 15 is 0 Å². The summed E-state index contributed by atoms with van der Waals surface area (Å²) >= 11 is 0. The molecule has 0 aromatic heterocycles. The monoisotopic (exact) mass is 307 g/mol. The second kappa shape index (κ2) is 9.04. The number of ether oxygens (including phenoxy) is 1. The zero-order chi connectivity index (χ0) is 16.5. The molecular weight excluding hydrogens is 282 g/mol. The molecule has 0 heterocycles. The third kappa shape index (κ3) is 6.58. The quantitative estimate of drug-likeness (QED) is 0.685. The largest absolute Gasteiger partial charge is 0.375 e. The molecule has 22 heavy (non-hydrogen) atoms. The number of amides is 2. The second-order valence-electron chi connectivity index (χ2n) is 5.56. The fraction of sp³-hybridized carbons (Fsp3) is 0.500. The van der Waals surface area contributed by atoms with Gasteiger partial charge in [0.25, 0.3) is 0 Å². The van der Waals surface area contributed by atoms with Crippen LogP contribution in [-0.2, 0) is 14.3 Å². The average Bonchev–Trinajstić information content (AvgIpc) is 2.46. The highest BCUT2D eigenvalue weighted by molar-refractivity contribution is 5.92. The minimum atomic E-state index is -0.326. The van der Waals surface area contributed by atoms with Crippen molar-refractivity contribution in [2.45, 2.75) is 26.8 Å². The van der Waals surface area contributed by atoms with Crippen LogP contribution in [0.1, 0.15) is 20.8 Å². The van der Waals surface area contributed by atoms with Gasteiger partial charge in [-0.1, -0.05) is 13.8 Å². The Morgan fingerprint density at radius 1 is 1.09 bits per heavy atom. The van der Waals surface area contributed by atoms with Gasteiger partial charge < -0.3 is 20.7 Å². The molecule has 6 heteroatoms. The van der Waals surface area contributed by atoms with Gasteiger partial charge in [-0.05, 0) is 37.1 Å². The number of carbonyl (C=O) groups excluding carboxylic acids is 2. The third-order valence-electron chi connectivity index (χ3n) is 2.91. The fourth-order valence-electron chi connectivity index (χ4n) is 1.75. The molecule has 0 radical (unpaired) electrons. The first-order valence-corrected chi connectivity index (χ1v) is 7.35. The summed E-state index contributed by atoms with van der Waals surface area (Å²) < 4.78 is 4.75. The molecule has 0 aliphatic heterocycles. The molecule has 0 saturated heterocycles. The number of anilines is 2. The van der Waals surface area contributed by atoms with E-state index in [-0.39, 0.29) is 24.5 Å². The zero-order valence-electron chi connectivity index (χ0n) is 13.6. The summed E-state index contributed by atoms with van der Waals surface area (Å²) in [4.78, 5) is 23.3. The summed E-state index contributed by atoms with van der Waals surface area (Å²) in [6.45, 7) is 6.59. The van der Waals surface area contributed by atoms with Crippen molar-refractivity contribution < 1.29 is 14.3 Å². The zero-order valence-corrected chi connectivity index (χ0v) is 13.6. The van der Waals surface area contributed by atoms with Gasteiger partial charge in [0.05, 0.1) is 0 Å². The van der Waals surface area contributed by atoms with Crippen LogP contribution in [0.3, 0.4) is 0 Å². The van der Waals surface area contributed by atoms with Crippen LogP contribution in [0.25, 0.3) is 0 Å². The van der Waals surface area contributed by atoms with Gasteiger partial charge in [-0.3, -0.25) is 9.59 Å². The molecule has 0 spiro atoms. The number of hydrogen-bond acceptors (Lipinski definition) is 4. The Labute approximate surface area is 131 Å². The highest BCUT2D eigenvalue weighted by Gasteiger charge is 2.12. The van der Waals surface area contributed by atoms with Crippen molar-refractivity contribution >= 4 is 23.2 Å². The summed E-state index contributed by atoms with van der Waals surface area (Å²) in [6.07, 6.45) is 0. The van der Waals surface area contributed by atoms with E-state index in [1.807, 2.05) is 19.1 Å². The molecule has 1 rings (SSSR count). The molecule has 2 amide bonds. The molecule has 0 saturated carbocycles. The Hall–Kier alpha value is -2.08. The van der Waals surface area contributed by atoms with Crippen molar-refractivity contribution in [3.8, 4) is 0 Å². The number of rotatable bonds is 8. The van der Waals surface area contributed by atoms with Crippen LogP contribution in [0.2, 0.25) is 0 Å². The average molecular weight is 307 g/mol. The Morgan fingerprint density at radius 2 is 1.68 bits per heavy atom. The molecule has 1 atom stereocenters. The highest BCUT2D eigenvalue weighted by atomic mass is 16.5. The SMILES string of the molecule is COCC(=O)Nc1ccc(NC(C)C(=O)NCC(C)C)cc1. The van der Waals surface area contributed by atoms with E-state index in [2.05, 4.69) is 29.8 Å². The Bertz CT molecular complexity index is 486. The number of benzene rings is 1. The maximum atomic E-state index is 11.9. The van der Waals surface area contributed by atoms with Crippen LogP contribution in [0, 0.1) is 5.92 Å². The fourth-order valence-corrected chi connectivity index (χ4v) is 1.75.